The van der Waals surface area contributed by atoms with Crippen LogP contribution in [0.5, 0.6) is 5.75 Å². The number of carboxylic acids is 1. The molecule has 18 heavy (non-hydrogen) atoms. The number of rotatable bonds is 3. The number of fused-ring (bicyclic) bond motifs is 1. The highest BCUT2D eigenvalue weighted by Gasteiger charge is 2.44. The Bertz CT molecular complexity index is 500. The fourth-order valence-electron chi connectivity index (χ4n) is 2.24. The van der Waals surface area contributed by atoms with Gasteiger partial charge in [0.15, 0.2) is 0 Å². The van der Waals surface area contributed by atoms with Crippen LogP contribution in [-0.4, -0.2) is 21.8 Å². The molecule has 0 bridgehead atoms. The lowest BCUT2D eigenvalue weighted by Gasteiger charge is -2.28. The van der Waals surface area contributed by atoms with E-state index in [1.165, 1.54) is 12.1 Å². The van der Waals surface area contributed by atoms with Crippen molar-refractivity contribution in [3.8, 4) is 5.75 Å². The van der Waals surface area contributed by atoms with E-state index in [9.17, 15) is 14.3 Å². The molecule has 1 aliphatic heterocycles. The minimum absolute atomic E-state index is 0.320. The third kappa shape index (κ3) is 1.95. The molecule has 2 atom stereocenters. The van der Waals surface area contributed by atoms with Gasteiger partial charge in [-0.15, -0.1) is 0 Å². The van der Waals surface area contributed by atoms with Gasteiger partial charge in [0.25, 0.3) is 0 Å². The molecule has 0 saturated heterocycles. The molecule has 4 nitrogen and oxygen atoms in total. The van der Waals surface area contributed by atoms with Crippen molar-refractivity contribution in [3.05, 3.63) is 29.1 Å². The minimum atomic E-state index is -0.962. The Morgan fingerprint density at radius 3 is 2.83 bits per heavy atom. The standard InChI is InChI=1S/C13H15FO4/c1-7(12(16)17)13(2)5-8-3-10(14)4-9(6-15)11(8)18-13/h3-4,7,15H,5-6H2,1-2H3,(H,16,17). The van der Waals surface area contributed by atoms with Crippen molar-refractivity contribution in [1.29, 1.82) is 0 Å². The van der Waals surface area contributed by atoms with Gasteiger partial charge >= 0.3 is 5.97 Å². The fraction of sp³-hybridized carbons (Fsp3) is 0.462. The maximum absolute atomic E-state index is 13.3. The Labute approximate surface area is 104 Å². The second kappa shape index (κ2) is 4.24. The van der Waals surface area contributed by atoms with Crippen LogP contribution >= 0.6 is 0 Å². The molecule has 1 aromatic carbocycles. The zero-order valence-corrected chi connectivity index (χ0v) is 10.2. The molecule has 0 radical (unpaired) electrons. The topological polar surface area (TPSA) is 66.8 Å². The lowest BCUT2D eigenvalue weighted by molar-refractivity contribution is -0.147. The van der Waals surface area contributed by atoms with E-state index in [4.69, 9.17) is 9.84 Å². The third-order valence-corrected chi connectivity index (χ3v) is 3.54. The summed E-state index contributed by atoms with van der Waals surface area (Å²) in [7, 11) is 0. The predicted molar refractivity (Wildman–Crippen MR) is 61.9 cm³/mol. The van der Waals surface area contributed by atoms with Gasteiger partial charge in [-0.05, 0) is 26.0 Å². The van der Waals surface area contributed by atoms with Crippen LogP contribution in [0.15, 0.2) is 12.1 Å². The van der Waals surface area contributed by atoms with Gasteiger partial charge in [0.1, 0.15) is 17.2 Å². The summed E-state index contributed by atoms with van der Waals surface area (Å²) in [6.45, 7) is 2.91. The van der Waals surface area contributed by atoms with Crippen LogP contribution in [0, 0.1) is 11.7 Å². The lowest BCUT2D eigenvalue weighted by atomic mass is 9.86. The largest absolute Gasteiger partial charge is 0.486 e. The van der Waals surface area contributed by atoms with E-state index in [1.54, 1.807) is 13.8 Å². The zero-order valence-electron chi connectivity index (χ0n) is 10.2. The highest BCUT2D eigenvalue weighted by molar-refractivity contribution is 5.71. The van der Waals surface area contributed by atoms with Crippen molar-refractivity contribution in [2.45, 2.75) is 32.5 Å². The molecular formula is C13H15FO4. The Kier molecular flexibility index (Phi) is 3.02. The molecule has 0 saturated carbocycles. The van der Waals surface area contributed by atoms with E-state index in [-0.39, 0.29) is 6.61 Å². The summed E-state index contributed by atoms with van der Waals surface area (Å²) in [6.07, 6.45) is 0.320. The monoisotopic (exact) mass is 254 g/mol. The number of halogens is 1. The number of benzene rings is 1. The second-order valence-corrected chi connectivity index (χ2v) is 4.86. The van der Waals surface area contributed by atoms with E-state index >= 15 is 0 Å². The van der Waals surface area contributed by atoms with Gasteiger partial charge in [-0.3, -0.25) is 4.79 Å². The summed E-state index contributed by atoms with van der Waals surface area (Å²) in [5.41, 5.74) is 0.0484. The summed E-state index contributed by atoms with van der Waals surface area (Å²) in [5.74, 6) is -1.72. The molecule has 0 amide bonds. The molecule has 5 heteroatoms. The summed E-state index contributed by atoms with van der Waals surface area (Å²) in [6, 6.07) is 2.53. The van der Waals surface area contributed by atoms with Crippen LogP contribution in [-0.2, 0) is 17.8 Å². The van der Waals surface area contributed by atoms with Crippen LogP contribution in [0.25, 0.3) is 0 Å². The number of aliphatic hydroxyl groups excluding tert-OH is 1. The first-order valence-electron chi connectivity index (χ1n) is 5.71. The molecule has 0 aromatic heterocycles. The molecule has 1 aliphatic rings. The molecule has 2 rings (SSSR count). The van der Waals surface area contributed by atoms with E-state index in [1.807, 2.05) is 0 Å². The second-order valence-electron chi connectivity index (χ2n) is 4.86. The molecule has 0 spiro atoms. The Morgan fingerprint density at radius 1 is 1.61 bits per heavy atom. The first-order chi connectivity index (χ1) is 8.37. The lowest BCUT2D eigenvalue weighted by Crippen LogP contribution is -2.42. The van der Waals surface area contributed by atoms with Gasteiger partial charge in [0.2, 0.25) is 0 Å². The van der Waals surface area contributed by atoms with Gasteiger partial charge in [-0.25, -0.2) is 4.39 Å². The first-order valence-corrected chi connectivity index (χ1v) is 5.71. The Hall–Kier alpha value is -1.62. The minimum Gasteiger partial charge on any atom is -0.486 e. The smallest absolute Gasteiger partial charge is 0.310 e. The molecule has 1 aromatic rings. The van der Waals surface area contributed by atoms with E-state index in [2.05, 4.69) is 0 Å². The maximum Gasteiger partial charge on any atom is 0.310 e. The summed E-state index contributed by atoms with van der Waals surface area (Å²) >= 11 is 0. The van der Waals surface area contributed by atoms with Gasteiger partial charge in [-0.1, -0.05) is 0 Å². The highest BCUT2D eigenvalue weighted by atomic mass is 19.1. The van der Waals surface area contributed by atoms with Crippen LogP contribution in [0.4, 0.5) is 4.39 Å². The zero-order chi connectivity index (χ0) is 13.5. The Balaban J connectivity index is 2.40. The van der Waals surface area contributed by atoms with Crippen molar-refractivity contribution in [1.82, 2.24) is 0 Å². The molecule has 0 fully saturated rings. The molecule has 1 heterocycles. The number of carboxylic acid groups (broad SMARTS) is 1. The Morgan fingerprint density at radius 2 is 2.28 bits per heavy atom. The van der Waals surface area contributed by atoms with Crippen LogP contribution in [0.1, 0.15) is 25.0 Å². The van der Waals surface area contributed by atoms with E-state index < -0.39 is 23.3 Å². The summed E-state index contributed by atoms with van der Waals surface area (Å²) in [4.78, 5) is 11.1. The van der Waals surface area contributed by atoms with Gasteiger partial charge in [0.05, 0.1) is 12.5 Å². The average molecular weight is 254 g/mol. The normalized spacial score (nSPS) is 23.3. The van der Waals surface area contributed by atoms with Gasteiger partial charge in [-0.2, -0.15) is 0 Å². The van der Waals surface area contributed by atoms with Gasteiger partial charge in [0, 0.05) is 17.5 Å². The summed E-state index contributed by atoms with van der Waals surface area (Å²) < 4.78 is 19.0. The summed E-state index contributed by atoms with van der Waals surface area (Å²) in [5, 5.41) is 18.2. The number of ether oxygens (including phenoxy) is 1. The van der Waals surface area contributed by atoms with Crippen molar-refractivity contribution in [3.63, 3.8) is 0 Å². The van der Waals surface area contributed by atoms with E-state index in [0.29, 0.717) is 23.3 Å². The van der Waals surface area contributed by atoms with Crippen LogP contribution in [0.3, 0.4) is 0 Å². The predicted octanol–water partition coefficient (Wildman–Crippen LogP) is 1.73. The quantitative estimate of drug-likeness (QED) is 0.862. The molecule has 0 aliphatic carbocycles. The fourth-order valence-corrected chi connectivity index (χ4v) is 2.24. The average Bonchev–Trinajstić information content (AvgIpc) is 2.64. The molecule has 2 unspecified atom stereocenters. The number of aliphatic hydroxyl groups is 1. The number of hydrogen-bond donors (Lipinski definition) is 2. The number of hydrogen-bond acceptors (Lipinski definition) is 3. The van der Waals surface area contributed by atoms with E-state index in [0.717, 1.165) is 0 Å². The maximum atomic E-state index is 13.3. The number of carbonyl (C=O) groups is 1. The van der Waals surface area contributed by atoms with Crippen molar-refractivity contribution in [2.75, 3.05) is 0 Å². The number of aliphatic carboxylic acids is 1. The van der Waals surface area contributed by atoms with Crippen LogP contribution in [0.2, 0.25) is 0 Å². The van der Waals surface area contributed by atoms with Crippen molar-refractivity contribution < 1.29 is 24.1 Å². The van der Waals surface area contributed by atoms with Crippen molar-refractivity contribution >= 4 is 5.97 Å². The highest BCUT2D eigenvalue weighted by Crippen LogP contribution is 2.41. The van der Waals surface area contributed by atoms with Crippen molar-refractivity contribution in [2.24, 2.45) is 5.92 Å². The first kappa shape index (κ1) is 12.8. The SMILES string of the molecule is CC(C(=O)O)C1(C)Cc2cc(F)cc(CO)c2O1. The van der Waals surface area contributed by atoms with Crippen LogP contribution < -0.4 is 4.74 Å². The third-order valence-electron chi connectivity index (χ3n) is 3.54. The molecule has 98 valence electrons. The van der Waals surface area contributed by atoms with Gasteiger partial charge < -0.3 is 14.9 Å². The molecular weight excluding hydrogens is 239 g/mol. The molecule has 2 N–H and O–H groups in total.